The summed E-state index contributed by atoms with van der Waals surface area (Å²) in [7, 11) is 0. The molecule has 40 heavy (non-hydrogen) atoms. The van der Waals surface area contributed by atoms with Gasteiger partial charge in [0, 0.05) is 73.6 Å². The number of carbonyl (C=O) groups excluding carboxylic acids is 1. The third kappa shape index (κ3) is 6.26. The van der Waals surface area contributed by atoms with Crippen LogP contribution in [0.15, 0.2) is 75.2 Å². The number of benzene rings is 3. The van der Waals surface area contributed by atoms with E-state index in [-0.39, 0.29) is 5.97 Å². The number of hydrogen-bond acceptors (Lipinski definition) is 6. The van der Waals surface area contributed by atoms with Gasteiger partial charge < -0.3 is 14.1 Å². The lowest BCUT2D eigenvalue weighted by Crippen LogP contribution is -2.54. The molecule has 0 amide bonds. The van der Waals surface area contributed by atoms with E-state index in [9.17, 15) is 4.79 Å². The number of nitrogens with zero attached hydrogens (tertiary/aromatic N) is 3. The first-order chi connectivity index (χ1) is 19.3. The standard InChI is InChI=1S/C31H33BrClN3O3S/c1-4-36-28-11-5-21(19-25(28)26-20-22(32)6-12-29(26)36)27(13-18-40-24-9-7-23(33)8-10-24)34-39-30(37)31(2,3)35-14-16-38-17-15-35/h5-12,19-20H,4,13-18H2,1-3H3/b34-27+. The highest BCUT2D eigenvalue weighted by Gasteiger charge is 2.37. The normalized spacial score (nSPS) is 15.2. The first-order valence-electron chi connectivity index (χ1n) is 13.5. The molecule has 0 bridgehead atoms. The molecule has 1 fully saturated rings. The Morgan fingerprint density at radius 2 is 1.73 bits per heavy atom. The van der Waals surface area contributed by atoms with Crippen molar-refractivity contribution in [1.82, 2.24) is 9.47 Å². The molecule has 0 aliphatic carbocycles. The van der Waals surface area contributed by atoms with Crippen molar-refractivity contribution in [3.63, 3.8) is 0 Å². The fourth-order valence-corrected chi connectivity index (χ4v) is 6.44. The second-order valence-electron chi connectivity index (χ2n) is 10.3. The quantitative estimate of drug-likeness (QED) is 0.0808. The molecular weight excluding hydrogens is 610 g/mol. The first kappa shape index (κ1) is 29.1. The Morgan fingerprint density at radius 3 is 2.42 bits per heavy atom. The number of ether oxygens (including phenoxy) is 1. The van der Waals surface area contributed by atoms with Crippen LogP contribution >= 0.6 is 39.3 Å². The molecule has 1 saturated heterocycles. The molecule has 0 spiro atoms. The molecule has 5 rings (SSSR count). The van der Waals surface area contributed by atoms with Gasteiger partial charge in [-0.1, -0.05) is 38.8 Å². The van der Waals surface area contributed by atoms with Crippen LogP contribution in [0.4, 0.5) is 0 Å². The van der Waals surface area contributed by atoms with E-state index in [0.29, 0.717) is 37.7 Å². The van der Waals surface area contributed by atoms with Crippen molar-refractivity contribution in [3.8, 4) is 0 Å². The second-order valence-corrected chi connectivity index (χ2v) is 12.8. The van der Waals surface area contributed by atoms with E-state index in [4.69, 9.17) is 21.2 Å². The van der Waals surface area contributed by atoms with Gasteiger partial charge in [0.15, 0.2) is 0 Å². The fourth-order valence-electron chi connectivity index (χ4n) is 5.10. The Morgan fingerprint density at radius 1 is 1.05 bits per heavy atom. The van der Waals surface area contributed by atoms with Crippen LogP contribution in [0.2, 0.25) is 5.02 Å². The van der Waals surface area contributed by atoms with Gasteiger partial charge in [-0.2, -0.15) is 0 Å². The van der Waals surface area contributed by atoms with E-state index < -0.39 is 5.54 Å². The van der Waals surface area contributed by atoms with Gasteiger partial charge in [0.1, 0.15) is 5.54 Å². The Labute approximate surface area is 252 Å². The molecule has 0 atom stereocenters. The maximum absolute atomic E-state index is 13.3. The molecule has 0 radical (unpaired) electrons. The minimum Gasteiger partial charge on any atom is -0.379 e. The summed E-state index contributed by atoms with van der Waals surface area (Å²) in [4.78, 5) is 22.1. The van der Waals surface area contributed by atoms with E-state index in [0.717, 1.165) is 38.3 Å². The van der Waals surface area contributed by atoms with Crippen LogP contribution in [0.5, 0.6) is 0 Å². The molecule has 2 heterocycles. The molecule has 0 saturated carbocycles. The van der Waals surface area contributed by atoms with E-state index in [1.807, 2.05) is 38.1 Å². The van der Waals surface area contributed by atoms with E-state index in [1.165, 1.54) is 16.4 Å². The number of hydrogen-bond donors (Lipinski definition) is 0. The molecule has 0 unspecified atom stereocenters. The predicted octanol–water partition coefficient (Wildman–Crippen LogP) is 7.77. The highest BCUT2D eigenvalue weighted by Crippen LogP contribution is 2.32. The summed E-state index contributed by atoms with van der Waals surface area (Å²) in [6.07, 6.45) is 0.625. The zero-order valence-electron chi connectivity index (χ0n) is 23.0. The maximum atomic E-state index is 13.3. The van der Waals surface area contributed by atoms with Crippen LogP contribution < -0.4 is 0 Å². The van der Waals surface area contributed by atoms with Gasteiger partial charge in [0.25, 0.3) is 0 Å². The monoisotopic (exact) mass is 641 g/mol. The van der Waals surface area contributed by atoms with Crippen LogP contribution in [-0.2, 0) is 20.9 Å². The smallest absolute Gasteiger partial charge is 0.354 e. The van der Waals surface area contributed by atoms with Crippen molar-refractivity contribution in [2.24, 2.45) is 5.16 Å². The average Bonchev–Trinajstić information content (AvgIpc) is 3.28. The molecular formula is C31H33BrClN3O3S. The van der Waals surface area contributed by atoms with Gasteiger partial charge in [0.05, 0.1) is 18.9 Å². The van der Waals surface area contributed by atoms with Gasteiger partial charge >= 0.3 is 5.97 Å². The lowest BCUT2D eigenvalue weighted by Gasteiger charge is -2.37. The summed E-state index contributed by atoms with van der Waals surface area (Å²) >= 11 is 11.4. The summed E-state index contributed by atoms with van der Waals surface area (Å²) in [6, 6.07) is 20.6. The Bertz CT molecular complexity index is 1550. The lowest BCUT2D eigenvalue weighted by molar-refractivity contribution is -0.159. The highest BCUT2D eigenvalue weighted by atomic mass is 79.9. The Kier molecular flexibility index (Phi) is 9.22. The number of oxime groups is 1. The molecule has 3 aromatic carbocycles. The summed E-state index contributed by atoms with van der Waals surface area (Å²) in [6.45, 7) is 9.38. The van der Waals surface area contributed by atoms with Crippen LogP contribution in [0.1, 0.15) is 32.8 Å². The average molecular weight is 643 g/mol. The number of thioether (sulfide) groups is 1. The van der Waals surface area contributed by atoms with Crippen LogP contribution in [0, 0.1) is 0 Å². The fraction of sp³-hybridized carbons (Fsp3) is 0.355. The van der Waals surface area contributed by atoms with Crippen molar-refractivity contribution in [2.75, 3.05) is 32.1 Å². The number of fused-ring (bicyclic) bond motifs is 3. The van der Waals surface area contributed by atoms with Crippen molar-refractivity contribution in [2.45, 2.75) is 44.2 Å². The van der Waals surface area contributed by atoms with Gasteiger partial charge in [-0.15, -0.1) is 11.8 Å². The zero-order chi connectivity index (χ0) is 28.3. The predicted molar refractivity (Wildman–Crippen MR) is 169 cm³/mol. The lowest BCUT2D eigenvalue weighted by atomic mass is 10.0. The van der Waals surface area contributed by atoms with Gasteiger partial charge in [-0.05, 0) is 75.4 Å². The van der Waals surface area contributed by atoms with Crippen LogP contribution in [-0.4, -0.2) is 58.7 Å². The van der Waals surface area contributed by atoms with Gasteiger partial charge in [-0.3, -0.25) is 4.90 Å². The minimum absolute atomic E-state index is 0.371. The van der Waals surface area contributed by atoms with E-state index in [2.05, 4.69) is 73.9 Å². The van der Waals surface area contributed by atoms with Gasteiger partial charge in [-0.25, -0.2) is 4.79 Å². The SMILES string of the molecule is CCn1c2ccc(Br)cc2c2cc(/C(CCSc3ccc(Cl)cc3)=N/OC(=O)C(C)(C)N3CCOCC3)ccc21. The summed E-state index contributed by atoms with van der Waals surface area (Å²) < 4.78 is 8.82. The molecule has 210 valence electrons. The number of aromatic nitrogens is 1. The second kappa shape index (κ2) is 12.7. The molecule has 1 aliphatic heterocycles. The molecule has 0 N–H and O–H groups in total. The maximum Gasteiger partial charge on any atom is 0.354 e. The number of aryl methyl sites for hydroxylation is 1. The molecule has 6 nitrogen and oxygen atoms in total. The summed E-state index contributed by atoms with van der Waals surface area (Å²) in [5, 5.41) is 7.53. The topological polar surface area (TPSA) is 56.1 Å². The third-order valence-corrected chi connectivity index (χ3v) is 9.20. The van der Waals surface area contributed by atoms with Crippen LogP contribution in [0.3, 0.4) is 0 Å². The highest BCUT2D eigenvalue weighted by molar-refractivity contribution is 9.10. The molecule has 4 aromatic rings. The minimum atomic E-state index is -0.804. The summed E-state index contributed by atoms with van der Waals surface area (Å²) in [5.41, 5.74) is 3.23. The number of morpholine rings is 1. The molecule has 9 heteroatoms. The van der Waals surface area contributed by atoms with Crippen molar-refractivity contribution >= 4 is 72.8 Å². The number of carbonyl (C=O) groups is 1. The first-order valence-corrected chi connectivity index (χ1v) is 15.6. The van der Waals surface area contributed by atoms with Crippen molar-refractivity contribution in [3.05, 3.63) is 75.7 Å². The van der Waals surface area contributed by atoms with E-state index in [1.54, 1.807) is 11.8 Å². The third-order valence-electron chi connectivity index (χ3n) is 7.44. The largest absolute Gasteiger partial charge is 0.379 e. The van der Waals surface area contributed by atoms with Gasteiger partial charge in [0.2, 0.25) is 0 Å². The number of rotatable bonds is 9. The molecule has 1 aromatic heterocycles. The van der Waals surface area contributed by atoms with Crippen molar-refractivity contribution < 1.29 is 14.4 Å². The Balaban J connectivity index is 1.46. The Hall–Kier alpha value is -2.36. The van der Waals surface area contributed by atoms with Crippen molar-refractivity contribution in [1.29, 1.82) is 0 Å². The van der Waals surface area contributed by atoms with E-state index >= 15 is 0 Å². The zero-order valence-corrected chi connectivity index (χ0v) is 26.1. The molecule has 1 aliphatic rings. The summed E-state index contributed by atoms with van der Waals surface area (Å²) in [5.74, 6) is 0.399. The number of halogens is 2. The van der Waals surface area contributed by atoms with Crippen LogP contribution in [0.25, 0.3) is 21.8 Å².